The van der Waals surface area contributed by atoms with Crippen LogP contribution in [0.1, 0.15) is 44.5 Å². The Labute approximate surface area is 212 Å². The Morgan fingerprint density at radius 3 is 2.65 bits per heavy atom. The minimum Gasteiger partial charge on any atom is -0.508 e. The number of aromatic amines is 1. The average Bonchev–Trinajstić information content (AvgIpc) is 3.32. The summed E-state index contributed by atoms with van der Waals surface area (Å²) in [4.78, 5) is 25.2. The van der Waals surface area contributed by atoms with Gasteiger partial charge in [0.1, 0.15) is 29.3 Å². The van der Waals surface area contributed by atoms with Crippen molar-refractivity contribution in [2.24, 2.45) is 0 Å². The Kier molecular flexibility index (Phi) is 6.27. The van der Waals surface area contributed by atoms with Crippen molar-refractivity contribution in [1.29, 1.82) is 0 Å². The lowest BCUT2D eigenvalue weighted by molar-refractivity contribution is 0.0941. The van der Waals surface area contributed by atoms with Crippen molar-refractivity contribution in [3.8, 4) is 17.6 Å². The van der Waals surface area contributed by atoms with Crippen molar-refractivity contribution in [1.82, 2.24) is 20.3 Å². The molecule has 8 heteroatoms. The second-order valence-corrected chi connectivity index (χ2v) is 8.56. The van der Waals surface area contributed by atoms with Crippen LogP contribution in [0.15, 0.2) is 79.0 Å². The number of anilines is 1. The first-order valence-corrected chi connectivity index (χ1v) is 11.4. The fourth-order valence-electron chi connectivity index (χ4n) is 3.98. The average molecular weight is 492 g/mol. The van der Waals surface area contributed by atoms with E-state index in [-0.39, 0.29) is 11.3 Å². The Morgan fingerprint density at radius 1 is 1.05 bits per heavy atom. The molecule has 37 heavy (non-hydrogen) atoms. The molecular formula is C29H22FN5O2. The summed E-state index contributed by atoms with van der Waals surface area (Å²) in [5.74, 6) is 5.68. The number of nitrogens with zero attached hydrogens (tertiary/aromatic N) is 2. The maximum absolute atomic E-state index is 14.2. The number of amides is 1. The minimum atomic E-state index is -0.938. The van der Waals surface area contributed by atoms with Crippen LogP contribution in [0.3, 0.4) is 0 Å². The molecular weight excluding hydrogens is 469 g/mol. The molecule has 0 radical (unpaired) electrons. The largest absolute Gasteiger partial charge is 0.508 e. The number of H-pyrrole nitrogens is 1. The number of pyridine rings is 1. The number of carbonyl (C=O) groups excluding carboxylic acids is 1. The maximum atomic E-state index is 14.2. The molecule has 0 saturated heterocycles. The number of aryl methyl sites for hydroxylation is 1. The number of hydrogen-bond donors (Lipinski definition) is 4. The summed E-state index contributed by atoms with van der Waals surface area (Å²) in [7, 11) is 0. The monoisotopic (exact) mass is 491 g/mol. The number of aromatic nitrogens is 3. The van der Waals surface area contributed by atoms with Gasteiger partial charge in [-0.3, -0.25) is 4.79 Å². The van der Waals surface area contributed by atoms with Gasteiger partial charge in [-0.05, 0) is 73.2 Å². The first-order chi connectivity index (χ1) is 17.9. The standard InChI is InChI=1S/C29H22FN5O2/c1-17-12-19(7-6-18-8-11-26(31)32-16-18)14-20(13-17)29(37)35-27(22-15-21(30)9-10-25(22)36)28-33-23-4-2-3-5-24(23)34-28/h2-5,8-16,27,36H,1H3,(H2,31,32)(H,33,34)(H,35,37). The number of nitrogen functional groups attached to an aromatic ring is 1. The molecule has 1 amide bonds. The van der Waals surface area contributed by atoms with Crippen LogP contribution in [0.4, 0.5) is 10.2 Å². The Balaban J connectivity index is 1.50. The number of para-hydroxylation sites is 2. The van der Waals surface area contributed by atoms with Crippen molar-refractivity contribution < 1.29 is 14.3 Å². The third kappa shape index (κ3) is 5.26. The van der Waals surface area contributed by atoms with E-state index >= 15 is 0 Å². The number of aromatic hydroxyl groups is 1. The first-order valence-electron chi connectivity index (χ1n) is 11.4. The van der Waals surface area contributed by atoms with E-state index in [1.54, 1.807) is 30.5 Å². The van der Waals surface area contributed by atoms with Gasteiger partial charge in [0.2, 0.25) is 0 Å². The molecule has 0 aliphatic carbocycles. The quantitative estimate of drug-likeness (QED) is 0.274. The Hall–Kier alpha value is -5.16. The van der Waals surface area contributed by atoms with Gasteiger partial charge in [0, 0.05) is 28.5 Å². The topological polar surface area (TPSA) is 117 Å². The zero-order chi connectivity index (χ0) is 25.9. The highest BCUT2D eigenvalue weighted by Crippen LogP contribution is 2.30. The number of hydrogen-bond acceptors (Lipinski definition) is 5. The number of imidazole rings is 1. The molecule has 1 atom stereocenters. The van der Waals surface area contributed by atoms with E-state index in [1.165, 1.54) is 12.1 Å². The smallest absolute Gasteiger partial charge is 0.252 e. The summed E-state index contributed by atoms with van der Waals surface area (Å²) in [6.07, 6.45) is 1.58. The molecule has 0 fully saturated rings. The van der Waals surface area contributed by atoms with Gasteiger partial charge in [0.05, 0.1) is 11.0 Å². The molecule has 0 spiro atoms. The van der Waals surface area contributed by atoms with Crippen LogP contribution in [0.5, 0.6) is 5.75 Å². The fourth-order valence-corrected chi connectivity index (χ4v) is 3.98. The highest BCUT2D eigenvalue weighted by atomic mass is 19.1. The molecule has 5 aromatic rings. The predicted molar refractivity (Wildman–Crippen MR) is 139 cm³/mol. The van der Waals surface area contributed by atoms with Crippen LogP contribution in [0.2, 0.25) is 0 Å². The van der Waals surface area contributed by atoms with E-state index in [2.05, 4.69) is 32.1 Å². The summed E-state index contributed by atoms with van der Waals surface area (Å²) >= 11 is 0. The molecule has 0 saturated carbocycles. The van der Waals surface area contributed by atoms with Gasteiger partial charge in [-0.25, -0.2) is 14.4 Å². The fraction of sp³-hybridized carbons (Fsp3) is 0.0690. The van der Waals surface area contributed by atoms with Gasteiger partial charge >= 0.3 is 0 Å². The van der Waals surface area contributed by atoms with Crippen LogP contribution < -0.4 is 11.1 Å². The number of nitrogens with one attached hydrogen (secondary N) is 2. The molecule has 182 valence electrons. The molecule has 5 rings (SSSR count). The lowest BCUT2D eigenvalue weighted by Gasteiger charge is -2.19. The number of benzene rings is 3. The number of phenols is 1. The zero-order valence-corrected chi connectivity index (χ0v) is 19.8. The van der Waals surface area contributed by atoms with Crippen LogP contribution in [0.25, 0.3) is 11.0 Å². The van der Waals surface area contributed by atoms with Crippen LogP contribution >= 0.6 is 0 Å². The third-order valence-electron chi connectivity index (χ3n) is 5.73. The summed E-state index contributed by atoms with van der Waals surface area (Å²) in [5, 5.41) is 13.4. The third-order valence-corrected chi connectivity index (χ3v) is 5.73. The van der Waals surface area contributed by atoms with Gasteiger partial charge in [-0.2, -0.15) is 0 Å². The highest BCUT2D eigenvalue weighted by molar-refractivity contribution is 5.95. The molecule has 3 aromatic carbocycles. The van der Waals surface area contributed by atoms with E-state index in [0.29, 0.717) is 33.8 Å². The Bertz CT molecular complexity index is 1650. The van der Waals surface area contributed by atoms with Gasteiger partial charge in [-0.1, -0.05) is 24.0 Å². The van der Waals surface area contributed by atoms with Crippen molar-refractivity contribution in [3.05, 3.63) is 118 Å². The van der Waals surface area contributed by atoms with E-state index in [1.807, 2.05) is 37.3 Å². The van der Waals surface area contributed by atoms with Crippen molar-refractivity contribution >= 4 is 22.8 Å². The molecule has 1 unspecified atom stereocenters. The molecule has 5 N–H and O–H groups in total. The van der Waals surface area contributed by atoms with E-state index < -0.39 is 17.8 Å². The van der Waals surface area contributed by atoms with Crippen molar-refractivity contribution in [2.75, 3.05) is 5.73 Å². The van der Waals surface area contributed by atoms with E-state index in [4.69, 9.17) is 5.73 Å². The lowest BCUT2D eigenvalue weighted by Crippen LogP contribution is -2.30. The number of fused-ring (bicyclic) bond motifs is 1. The molecule has 2 aromatic heterocycles. The normalized spacial score (nSPS) is 11.5. The minimum absolute atomic E-state index is 0.167. The second-order valence-electron chi connectivity index (χ2n) is 8.56. The lowest BCUT2D eigenvalue weighted by atomic mass is 10.0. The summed E-state index contributed by atoms with van der Waals surface area (Å²) in [5.41, 5.74) is 9.74. The van der Waals surface area contributed by atoms with E-state index in [9.17, 15) is 14.3 Å². The molecule has 2 heterocycles. The molecule has 0 bridgehead atoms. The maximum Gasteiger partial charge on any atom is 0.252 e. The first kappa shape index (κ1) is 23.6. The summed E-state index contributed by atoms with van der Waals surface area (Å²) in [6, 6.07) is 18.7. The molecule has 7 nitrogen and oxygen atoms in total. The van der Waals surface area contributed by atoms with Crippen LogP contribution in [-0.4, -0.2) is 26.0 Å². The number of halogens is 1. The molecule has 0 aliphatic rings. The number of nitrogens with two attached hydrogens (primary N) is 1. The van der Waals surface area contributed by atoms with Gasteiger partial charge in [0.15, 0.2) is 0 Å². The second kappa shape index (κ2) is 9.84. The van der Waals surface area contributed by atoms with Gasteiger partial charge in [0.25, 0.3) is 5.91 Å². The van der Waals surface area contributed by atoms with Crippen LogP contribution in [-0.2, 0) is 0 Å². The van der Waals surface area contributed by atoms with Crippen LogP contribution in [0, 0.1) is 24.6 Å². The highest BCUT2D eigenvalue weighted by Gasteiger charge is 2.25. The number of phenolic OH excluding ortho intramolecular Hbond substituents is 1. The van der Waals surface area contributed by atoms with Crippen molar-refractivity contribution in [3.63, 3.8) is 0 Å². The SMILES string of the molecule is Cc1cc(C#Cc2ccc(N)nc2)cc(C(=O)NC(c2nc3ccccc3[nH]2)c2cc(F)ccc2O)c1. The number of rotatable bonds is 4. The zero-order valence-electron chi connectivity index (χ0n) is 19.8. The summed E-state index contributed by atoms with van der Waals surface area (Å²) in [6.45, 7) is 1.86. The molecule has 0 aliphatic heterocycles. The Morgan fingerprint density at radius 2 is 1.86 bits per heavy atom. The van der Waals surface area contributed by atoms with Gasteiger partial charge in [-0.15, -0.1) is 0 Å². The van der Waals surface area contributed by atoms with Gasteiger partial charge < -0.3 is 21.1 Å². The van der Waals surface area contributed by atoms with E-state index in [0.717, 1.165) is 17.1 Å². The summed E-state index contributed by atoms with van der Waals surface area (Å²) < 4.78 is 14.2. The predicted octanol–water partition coefficient (Wildman–Crippen LogP) is 4.61. The van der Waals surface area contributed by atoms with Crippen molar-refractivity contribution in [2.45, 2.75) is 13.0 Å². The number of carbonyl (C=O) groups is 1.